The van der Waals surface area contributed by atoms with E-state index in [-0.39, 0.29) is 18.9 Å². The Morgan fingerprint density at radius 1 is 1.19 bits per heavy atom. The number of nitrogens with zero attached hydrogens (tertiary/aromatic N) is 2. The summed E-state index contributed by atoms with van der Waals surface area (Å²) < 4.78 is 27.6. The third-order valence-electron chi connectivity index (χ3n) is 5.23. The zero-order chi connectivity index (χ0) is 26.5. The highest BCUT2D eigenvalue weighted by Gasteiger charge is 2.18. The molecule has 1 aromatic heterocycles. The number of aromatic nitrogens is 1. The van der Waals surface area contributed by atoms with E-state index in [9.17, 15) is 4.79 Å². The number of fused-ring (bicyclic) bond motifs is 1. The third kappa shape index (κ3) is 7.44. The Hall–Kier alpha value is -2.62. The van der Waals surface area contributed by atoms with Crippen molar-refractivity contribution in [3.05, 3.63) is 60.1 Å². The summed E-state index contributed by atoms with van der Waals surface area (Å²) in [6.07, 6.45) is 2.79. The first kappa shape index (κ1) is 28.0. The van der Waals surface area contributed by atoms with Crippen LogP contribution in [0, 0.1) is 6.92 Å². The highest BCUT2D eigenvalue weighted by Crippen LogP contribution is 2.38. The maximum atomic E-state index is 15.0. The van der Waals surface area contributed by atoms with Crippen molar-refractivity contribution in [2.24, 2.45) is 0 Å². The molecule has 0 radical (unpaired) electrons. The van der Waals surface area contributed by atoms with Crippen molar-refractivity contribution in [2.45, 2.75) is 44.7 Å². The van der Waals surface area contributed by atoms with Crippen molar-refractivity contribution in [1.82, 2.24) is 14.2 Å². The largest absolute Gasteiger partial charge is 0.444 e. The number of benzene rings is 2. The average molecular weight is 531 g/mol. The molecule has 194 valence electrons. The lowest BCUT2D eigenvalue weighted by Gasteiger charge is -2.19. The standard InChI is InChI=1S/C27H35FN4O2S2/c1-18-25(19-9-8-10-22(15-19)36-31(5)6)23-16-21(30-35-7)11-12-24(23)32(18)17-20(28)13-14-29-26(33)34-27(2,3)4/h8-13,15-16,30H,14,17H2,1-7H3,(H,29,33)/b20-13-. The number of anilines is 1. The van der Waals surface area contributed by atoms with Gasteiger partial charge in [0.2, 0.25) is 0 Å². The van der Waals surface area contributed by atoms with Crippen molar-refractivity contribution in [2.75, 3.05) is 31.6 Å². The lowest BCUT2D eigenvalue weighted by Crippen LogP contribution is -2.32. The number of allylic oxidation sites excluding steroid dienone is 1. The van der Waals surface area contributed by atoms with Crippen LogP contribution < -0.4 is 10.0 Å². The van der Waals surface area contributed by atoms with E-state index in [1.807, 2.05) is 44.0 Å². The van der Waals surface area contributed by atoms with E-state index >= 15 is 4.39 Å². The van der Waals surface area contributed by atoms with Crippen molar-refractivity contribution in [3.8, 4) is 11.1 Å². The minimum Gasteiger partial charge on any atom is -0.444 e. The molecule has 3 rings (SSSR count). The van der Waals surface area contributed by atoms with Crippen molar-refractivity contribution in [3.63, 3.8) is 0 Å². The van der Waals surface area contributed by atoms with E-state index in [0.29, 0.717) is 0 Å². The summed E-state index contributed by atoms with van der Waals surface area (Å²) in [5, 5.41) is 3.63. The van der Waals surface area contributed by atoms with Gasteiger partial charge in [-0.2, -0.15) is 0 Å². The molecule has 0 aliphatic heterocycles. The van der Waals surface area contributed by atoms with Crippen molar-refractivity contribution in [1.29, 1.82) is 0 Å². The Morgan fingerprint density at radius 2 is 1.94 bits per heavy atom. The molecule has 0 fully saturated rings. The van der Waals surface area contributed by atoms with Crippen LogP contribution in [0.3, 0.4) is 0 Å². The van der Waals surface area contributed by atoms with Gasteiger partial charge in [-0.05, 0) is 95.7 Å². The van der Waals surface area contributed by atoms with Gasteiger partial charge >= 0.3 is 6.09 Å². The second kappa shape index (κ2) is 12.1. The molecule has 0 atom stereocenters. The molecule has 1 amide bonds. The number of halogens is 1. The Kier molecular flexibility index (Phi) is 9.38. The van der Waals surface area contributed by atoms with Gasteiger partial charge in [-0.15, -0.1) is 0 Å². The highest BCUT2D eigenvalue weighted by molar-refractivity contribution is 7.99. The number of hydrogen-bond donors (Lipinski definition) is 2. The minimum absolute atomic E-state index is 0.0530. The maximum absolute atomic E-state index is 15.0. The SMILES string of the molecule is CSNc1ccc2c(c1)c(-c1cccc(SN(C)C)c1)c(C)n2C/C(F)=C/CNC(=O)OC(C)(C)C. The van der Waals surface area contributed by atoms with Crippen molar-refractivity contribution >= 4 is 46.6 Å². The summed E-state index contributed by atoms with van der Waals surface area (Å²) in [5.74, 6) is -0.333. The highest BCUT2D eigenvalue weighted by atomic mass is 32.2. The quantitative estimate of drug-likeness (QED) is 0.284. The molecule has 36 heavy (non-hydrogen) atoms. The molecule has 0 bridgehead atoms. The molecule has 2 aromatic carbocycles. The molecule has 0 saturated heterocycles. The Bertz CT molecular complexity index is 1250. The second-order valence-corrected chi connectivity index (χ2v) is 11.5. The second-order valence-electron chi connectivity index (χ2n) is 9.55. The van der Waals surface area contributed by atoms with Gasteiger partial charge in [-0.1, -0.05) is 24.1 Å². The maximum Gasteiger partial charge on any atom is 0.407 e. The Morgan fingerprint density at radius 3 is 2.61 bits per heavy atom. The zero-order valence-electron chi connectivity index (χ0n) is 21.9. The van der Waals surface area contributed by atoms with Gasteiger partial charge in [-0.25, -0.2) is 9.18 Å². The summed E-state index contributed by atoms with van der Waals surface area (Å²) in [7, 11) is 4.03. The fourth-order valence-electron chi connectivity index (χ4n) is 3.93. The summed E-state index contributed by atoms with van der Waals surface area (Å²) >= 11 is 3.19. The Labute approximate surface area is 221 Å². The first-order chi connectivity index (χ1) is 17.0. The fourth-order valence-corrected chi connectivity index (χ4v) is 5.03. The minimum atomic E-state index is -0.601. The van der Waals surface area contributed by atoms with E-state index in [0.717, 1.165) is 38.3 Å². The number of carbonyl (C=O) groups excluding carboxylic acids is 1. The number of rotatable bonds is 9. The topological polar surface area (TPSA) is 58.5 Å². The number of alkyl carbamates (subject to hydrolysis) is 1. The molecule has 0 saturated carbocycles. The van der Waals surface area contributed by atoms with Crippen LogP contribution in [0.2, 0.25) is 0 Å². The first-order valence-corrected chi connectivity index (χ1v) is 13.7. The van der Waals surface area contributed by atoms with E-state index in [4.69, 9.17) is 4.74 Å². The summed E-state index contributed by atoms with van der Waals surface area (Å²) in [6.45, 7) is 7.51. The predicted molar refractivity (Wildman–Crippen MR) is 152 cm³/mol. The van der Waals surface area contributed by atoms with Gasteiger partial charge in [0.05, 0.1) is 6.54 Å². The molecule has 6 nitrogen and oxygen atoms in total. The third-order valence-corrected chi connectivity index (χ3v) is 6.50. The number of nitrogens with one attached hydrogen (secondary N) is 2. The van der Waals surface area contributed by atoms with Crippen LogP contribution in [0.25, 0.3) is 22.0 Å². The predicted octanol–water partition coefficient (Wildman–Crippen LogP) is 7.25. The summed E-state index contributed by atoms with van der Waals surface area (Å²) in [5.41, 5.74) is 4.47. The van der Waals surface area contributed by atoms with Crippen molar-refractivity contribution < 1.29 is 13.9 Å². The molecule has 0 aliphatic carbocycles. The number of ether oxygens (including phenoxy) is 1. The molecule has 0 unspecified atom stereocenters. The van der Waals surface area contributed by atoms with Crippen LogP contribution in [-0.4, -0.2) is 47.5 Å². The average Bonchev–Trinajstić information content (AvgIpc) is 3.03. The van der Waals surface area contributed by atoms with Gasteiger partial charge in [0.1, 0.15) is 11.4 Å². The van der Waals surface area contributed by atoms with Gasteiger partial charge < -0.3 is 19.3 Å². The molecule has 1 heterocycles. The molecular formula is C27H35FN4O2S2. The van der Waals surface area contributed by atoms with Crippen LogP contribution >= 0.6 is 23.9 Å². The Balaban J connectivity index is 1.96. The molecule has 9 heteroatoms. The van der Waals surface area contributed by atoms with Gasteiger partial charge in [0.15, 0.2) is 0 Å². The zero-order valence-corrected chi connectivity index (χ0v) is 23.6. The van der Waals surface area contributed by atoms with Crippen LogP contribution in [0.1, 0.15) is 26.5 Å². The first-order valence-electron chi connectivity index (χ1n) is 11.7. The van der Waals surface area contributed by atoms with E-state index in [2.05, 4.69) is 44.7 Å². The van der Waals surface area contributed by atoms with Crippen LogP contribution in [0.5, 0.6) is 0 Å². The van der Waals surface area contributed by atoms with Crippen LogP contribution in [-0.2, 0) is 11.3 Å². The lowest BCUT2D eigenvalue weighted by atomic mass is 10.0. The van der Waals surface area contributed by atoms with Crippen LogP contribution in [0.4, 0.5) is 14.9 Å². The van der Waals surface area contributed by atoms with Gasteiger partial charge in [0, 0.05) is 45.5 Å². The lowest BCUT2D eigenvalue weighted by molar-refractivity contribution is 0.0534. The molecule has 2 N–H and O–H groups in total. The molecule has 0 aliphatic rings. The summed E-state index contributed by atoms with van der Waals surface area (Å²) in [4.78, 5) is 13.0. The fraction of sp³-hybridized carbons (Fsp3) is 0.370. The van der Waals surface area contributed by atoms with Gasteiger partial charge in [0.25, 0.3) is 0 Å². The monoisotopic (exact) mass is 530 g/mol. The molecule has 3 aromatic rings. The number of carbonyl (C=O) groups is 1. The van der Waals surface area contributed by atoms with E-state index in [1.54, 1.807) is 32.7 Å². The normalized spacial score (nSPS) is 12.3. The van der Waals surface area contributed by atoms with E-state index in [1.165, 1.54) is 18.0 Å². The van der Waals surface area contributed by atoms with Gasteiger partial charge in [-0.3, -0.25) is 4.31 Å². The number of amides is 1. The number of hydrogen-bond acceptors (Lipinski definition) is 6. The smallest absolute Gasteiger partial charge is 0.407 e. The molecule has 0 spiro atoms. The summed E-state index contributed by atoms with van der Waals surface area (Å²) in [6, 6.07) is 14.5. The molecular weight excluding hydrogens is 495 g/mol. The van der Waals surface area contributed by atoms with Crippen LogP contribution in [0.15, 0.2) is 59.3 Å². The van der Waals surface area contributed by atoms with E-state index < -0.39 is 11.7 Å².